The summed E-state index contributed by atoms with van der Waals surface area (Å²) in [5.41, 5.74) is 17.1. The Morgan fingerprint density at radius 2 is 1.43 bits per heavy atom. The molecule has 1 atom stereocenters. The molecule has 0 saturated carbocycles. The lowest BCUT2D eigenvalue weighted by Gasteiger charge is -2.47. The van der Waals surface area contributed by atoms with E-state index >= 15 is 0 Å². The molecule has 0 spiro atoms. The van der Waals surface area contributed by atoms with Crippen molar-refractivity contribution in [1.82, 2.24) is 10.2 Å². The van der Waals surface area contributed by atoms with Crippen molar-refractivity contribution in [3.8, 4) is 0 Å². The van der Waals surface area contributed by atoms with Gasteiger partial charge >= 0.3 is 0 Å². The first-order valence-corrected chi connectivity index (χ1v) is 9.71. The summed E-state index contributed by atoms with van der Waals surface area (Å²) in [6.07, 6.45) is 1.68. The molecule has 2 aliphatic heterocycles. The number of rotatable bonds is 3. The second-order valence-electron chi connectivity index (χ2n) is 7.61. The molecule has 2 aromatic rings. The Bertz CT molecular complexity index is 892. The van der Waals surface area contributed by atoms with Gasteiger partial charge in [0.2, 0.25) is 5.79 Å². The lowest BCUT2D eigenvalue weighted by atomic mass is 10.0. The van der Waals surface area contributed by atoms with Gasteiger partial charge in [-0.2, -0.15) is 0 Å². The van der Waals surface area contributed by atoms with E-state index in [1.54, 1.807) is 6.08 Å². The maximum absolute atomic E-state index is 6.16. The maximum Gasteiger partial charge on any atom is 0.217 e. The van der Waals surface area contributed by atoms with Crippen LogP contribution in [0.1, 0.15) is 16.7 Å². The number of benzene rings is 2. The van der Waals surface area contributed by atoms with Gasteiger partial charge in [-0.15, -0.1) is 0 Å². The van der Waals surface area contributed by atoms with Gasteiger partial charge in [0.05, 0.1) is 0 Å². The molecule has 1 unspecified atom stereocenters. The van der Waals surface area contributed by atoms with Crippen molar-refractivity contribution in [1.29, 1.82) is 0 Å². The smallest absolute Gasteiger partial charge is 0.217 e. The van der Waals surface area contributed by atoms with E-state index in [4.69, 9.17) is 16.5 Å². The summed E-state index contributed by atoms with van der Waals surface area (Å²) in [7, 11) is 0. The Kier molecular flexibility index (Phi) is 4.73. The van der Waals surface area contributed by atoms with Crippen LogP contribution < -0.4 is 21.7 Å². The van der Waals surface area contributed by atoms with Crippen LogP contribution in [0.4, 0.5) is 5.69 Å². The second kappa shape index (κ2) is 7.20. The molecule has 0 aromatic heterocycles. The molecule has 6 nitrogen and oxygen atoms in total. The van der Waals surface area contributed by atoms with Gasteiger partial charge in [0.25, 0.3) is 0 Å². The highest BCUT2D eigenvalue weighted by atomic mass is 15.5. The monoisotopic (exact) mass is 376 g/mol. The summed E-state index contributed by atoms with van der Waals surface area (Å²) in [5, 5.41) is 3.41. The minimum absolute atomic E-state index is 0.442. The average molecular weight is 377 g/mol. The van der Waals surface area contributed by atoms with Crippen LogP contribution in [-0.2, 0) is 5.79 Å². The van der Waals surface area contributed by atoms with Crippen LogP contribution in [0.5, 0.6) is 0 Å². The SMILES string of the molecule is Cc1ccc(N2CCN(C3(c4ccc(C)cc4)N=C(N)C=C(N)N3)CC2)cc1. The summed E-state index contributed by atoms with van der Waals surface area (Å²) in [4.78, 5) is 9.57. The molecule has 6 heteroatoms. The fraction of sp³-hybridized carbons (Fsp3) is 0.318. The van der Waals surface area contributed by atoms with E-state index in [0.29, 0.717) is 11.7 Å². The molecule has 2 aliphatic rings. The lowest BCUT2D eigenvalue weighted by molar-refractivity contribution is 0.0601. The molecule has 4 rings (SSSR count). The van der Waals surface area contributed by atoms with E-state index in [1.807, 2.05) is 0 Å². The zero-order valence-corrected chi connectivity index (χ0v) is 16.5. The first kappa shape index (κ1) is 18.4. The third kappa shape index (κ3) is 3.43. The van der Waals surface area contributed by atoms with Crippen molar-refractivity contribution in [3.05, 3.63) is 77.1 Å². The van der Waals surface area contributed by atoms with Crippen molar-refractivity contribution >= 4 is 11.5 Å². The minimum atomic E-state index is -0.768. The van der Waals surface area contributed by atoms with Crippen LogP contribution in [0, 0.1) is 13.8 Å². The molecule has 0 bridgehead atoms. The van der Waals surface area contributed by atoms with Gasteiger partial charge in [0, 0.05) is 43.5 Å². The molecule has 2 heterocycles. The van der Waals surface area contributed by atoms with Gasteiger partial charge in [-0.3, -0.25) is 4.90 Å². The third-order valence-corrected chi connectivity index (χ3v) is 5.50. The molecule has 0 radical (unpaired) electrons. The Hall–Kier alpha value is -2.99. The fourth-order valence-corrected chi connectivity index (χ4v) is 3.94. The van der Waals surface area contributed by atoms with E-state index < -0.39 is 5.79 Å². The molecule has 5 N–H and O–H groups in total. The fourth-order valence-electron chi connectivity index (χ4n) is 3.94. The third-order valence-electron chi connectivity index (χ3n) is 5.50. The number of hydrogen-bond donors (Lipinski definition) is 3. The average Bonchev–Trinajstić information content (AvgIpc) is 2.68. The number of amidine groups is 1. The van der Waals surface area contributed by atoms with Gasteiger partial charge in [-0.05, 0) is 26.0 Å². The van der Waals surface area contributed by atoms with Crippen LogP contribution in [-0.4, -0.2) is 36.9 Å². The molecule has 0 aliphatic carbocycles. The summed E-state index contributed by atoms with van der Waals surface area (Å²) in [5.74, 6) is 0.211. The highest BCUT2D eigenvalue weighted by molar-refractivity contribution is 5.93. The number of hydrogen-bond acceptors (Lipinski definition) is 6. The number of aryl methyl sites for hydroxylation is 2. The predicted octanol–water partition coefficient (Wildman–Crippen LogP) is 2.00. The normalized spacial score (nSPS) is 23.0. The molecule has 28 heavy (non-hydrogen) atoms. The lowest BCUT2D eigenvalue weighted by Crippen LogP contribution is -2.62. The molecule has 2 aromatic carbocycles. The molecule has 0 amide bonds. The van der Waals surface area contributed by atoms with Gasteiger partial charge in [-0.1, -0.05) is 47.5 Å². The molecular formula is C22H28N6. The van der Waals surface area contributed by atoms with Crippen molar-refractivity contribution in [2.24, 2.45) is 16.5 Å². The number of nitrogens with one attached hydrogen (secondary N) is 1. The number of nitrogens with zero attached hydrogens (tertiary/aromatic N) is 3. The Morgan fingerprint density at radius 1 is 0.857 bits per heavy atom. The number of anilines is 1. The first-order chi connectivity index (χ1) is 13.5. The van der Waals surface area contributed by atoms with E-state index in [1.165, 1.54) is 16.8 Å². The van der Waals surface area contributed by atoms with Crippen molar-refractivity contribution in [2.75, 3.05) is 31.1 Å². The molecular weight excluding hydrogens is 348 g/mol. The Morgan fingerprint density at radius 3 is 2.00 bits per heavy atom. The topological polar surface area (TPSA) is 82.9 Å². The molecule has 146 valence electrons. The summed E-state index contributed by atoms with van der Waals surface area (Å²) in [6, 6.07) is 17.1. The van der Waals surface area contributed by atoms with Crippen molar-refractivity contribution < 1.29 is 0 Å². The Balaban J connectivity index is 1.61. The standard InChI is InChI=1S/C22H28N6/c1-16-3-7-18(8-4-16)22(25-20(23)15-21(24)26-22)28-13-11-27(12-14-28)19-9-5-17(2)6-10-19/h3-10,15,25H,11-14,23H2,1-2H3,(H2,24,26). The first-order valence-electron chi connectivity index (χ1n) is 9.71. The van der Waals surface area contributed by atoms with Crippen LogP contribution in [0.3, 0.4) is 0 Å². The van der Waals surface area contributed by atoms with Gasteiger partial charge in [0.1, 0.15) is 11.7 Å². The van der Waals surface area contributed by atoms with Crippen LogP contribution in [0.2, 0.25) is 0 Å². The largest absolute Gasteiger partial charge is 0.385 e. The van der Waals surface area contributed by atoms with Gasteiger partial charge in [0.15, 0.2) is 0 Å². The second-order valence-corrected chi connectivity index (χ2v) is 7.61. The van der Waals surface area contributed by atoms with Crippen LogP contribution in [0.25, 0.3) is 0 Å². The van der Waals surface area contributed by atoms with Gasteiger partial charge in [-0.25, -0.2) is 4.99 Å². The molecule has 1 fully saturated rings. The minimum Gasteiger partial charge on any atom is -0.385 e. The predicted molar refractivity (Wildman–Crippen MR) is 115 cm³/mol. The van der Waals surface area contributed by atoms with E-state index in [0.717, 1.165) is 31.7 Å². The van der Waals surface area contributed by atoms with Crippen LogP contribution in [0.15, 0.2) is 65.4 Å². The number of nitrogens with two attached hydrogens (primary N) is 2. The van der Waals surface area contributed by atoms with Crippen molar-refractivity contribution in [2.45, 2.75) is 19.6 Å². The van der Waals surface area contributed by atoms with Crippen LogP contribution >= 0.6 is 0 Å². The maximum atomic E-state index is 6.16. The summed E-state index contributed by atoms with van der Waals surface area (Å²) < 4.78 is 0. The highest BCUT2D eigenvalue weighted by Gasteiger charge is 2.42. The number of piperazine rings is 1. The Labute approximate surface area is 166 Å². The number of aliphatic imine (C=N–C) groups is 1. The highest BCUT2D eigenvalue weighted by Crippen LogP contribution is 2.32. The van der Waals surface area contributed by atoms with E-state index in [9.17, 15) is 0 Å². The molecule has 1 saturated heterocycles. The summed E-state index contributed by atoms with van der Waals surface area (Å²) >= 11 is 0. The van der Waals surface area contributed by atoms with E-state index in [2.05, 4.69) is 77.5 Å². The quantitative estimate of drug-likeness (QED) is 0.763. The van der Waals surface area contributed by atoms with Crippen molar-refractivity contribution in [3.63, 3.8) is 0 Å². The van der Waals surface area contributed by atoms with E-state index in [-0.39, 0.29) is 0 Å². The zero-order chi connectivity index (χ0) is 19.7. The van der Waals surface area contributed by atoms with Gasteiger partial charge < -0.3 is 21.7 Å². The zero-order valence-electron chi connectivity index (χ0n) is 16.5. The summed E-state index contributed by atoms with van der Waals surface area (Å²) in [6.45, 7) is 7.71.